The number of aliphatic hydroxyl groups is 1. The topological polar surface area (TPSA) is 46.5 Å². The molecule has 0 unspecified atom stereocenters. The van der Waals surface area contributed by atoms with Gasteiger partial charge in [0.05, 0.1) is 13.2 Å². The first kappa shape index (κ1) is 22.3. The van der Waals surface area contributed by atoms with Crippen LogP contribution in [0, 0.1) is 23.2 Å². The Morgan fingerprint density at radius 2 is 2.10 bits per heavy atom. The maximum absolute atomic E-state index is 11.4. The first-order valence-corrected chi connectivity index (χ1v) is 11.7. The predicted molar refractivity (Wildman–Crippen MR) is 118 cm³/mol. The van der Waals surface area contributed by atoms with Crippen molar-refractivity contribution in [2.45, 2.75) is 90.6 Å². The first-order chi connectivity index (χ1) is 13.8. The van der Waals surface area contributed by atoms with Crippen molar-refractivity contribution >= 4 is 5.97 Å². The molecule has 3 saturated carbocycles. The lowest BCUT2D eigenvalue weighted by atomic mass is 9.60. The highest BCUT2D eigenvalue weighted by Gasteiger charge is 2.50. The van der Waals surface area contributed by atoms with Crippen LogP contribution in [0.15, 0.2) is 35.5 Å². The van der Waals surface area contributed by atoms with Gasteiger partial charge in [-0.15, -0.1) is 0 Å². The van der Waals surface area contributed by atoms with E-state index >= 15 is 0 Å². The lowest BCUT2D eigenvalue weighted by molar-refractivity contribution is -0.140. The molecule has 3 fully saturated rings. The Balaban J connectivity index is 1.68. The first-order valence-electron chi connectivity index (χ1n) is 11.7. The van der Waals surface area contributed by atoms with Gasteiger partial charge >= 0.3 is 5.97 Å². The molecule has 3 nitrogen and oxygen atoms in total. The number of methoxy groups -OCH3 is 1. The molecule has 3 rings (SSSR count). The summed E-state index contributed by atoms with van der Waals surface area (Å²) in [7, 11) is 1.48. The third kappa shape index (κ3) is 5.05. The zero-order valence-electron chi connectivity index (χ0n) is 18.7. The molecule has 3 aliphatic rings. The predicted octanol–water partition coefficient (Wildman–Crippen LogP) is 6.14. The minimum Gasteiger partial charge on any atom is -0.469 e. The van der Waals surface area contributed by atoms with Gasteiger partial charge in [0.15, 0.2) is 0 Å². The van der Waals surface area contributed by atoms with Gasteiger partial charge in [-0.05, 0) is 93.0 Å². The van der Waals surface area contributed by atoms with Crippen LogP contribution in [-0.4, -0.2) is 24.3 Å². The van der Waals surface area contributed by atoms with Gasteiger partial charge in [0.1, 0.15) is 0 Å². The molecule has 0 aromatic carbocycles. The molecule has 0 spiro atoms. The number of hydrogen-bond donors (Lipinski definition) is 1. The Labute approximate surface area is 177 Å². The monoisotopic (exact) mass is 400 g/mol. The summed E-state index contributed by atoms with van der Waals surface area (Å²) in [5, 5.41) is 10.0. The Hall–Kier alpha value is -1.35. The van der Waals surface area contributed by atoms with Gasteiger partial charge in [-0.1, -0.05) is 43.7 Å². The number of allylic oxidation sites excluding steroid dienone is 4. The molecular weight excluding hydrogens is 360 g/mol. The highest BCUT2D eigenvalue weighted by molar-refractivity contribution is 5.68. The Morgan fingerprint density at radius 3 is 2.86 bits per heavy atom. The van der Waals surface area contributed by atoms with E-state index in [4.69, 9.17) is 4.74 Å². The Bertz CT molecular complexity index is 673. The molecular formula is C26H40O3. The fraction of sp³-hybridized carbons (Fsp3) is 0.731. The minimum absolute atomic E-state index is 0.0851. The van der Waals surface area contributed by atoms with Crippen molar-refractivity contribution in [2.75, 3.05) is 7.11 Å². The Morgan fingerprint density at radius 1 is 1.31 bits per heavy atom. The quantitative estimate of drug-likeness (QED) is 0.545. The van der Waals surface area contributed by atoms with E-state index in [9.17, 15) is 9.90 Å². The molecule has 0 saturated heterocycles. The van der Waals surface area contributed by atoms with Crippen molar-refractivity contribution in [3.63, 3.8) is 0 Å². The van der Waals surface area contributed by atoms with Gasteiger partial charge in [0.25, 0.3) is 0 Å². The molecule has 3 heteroatoms. The normalized spacial score (nSPS) is 36.3. The zero-order valence-corrected chi connectivity index (χ0v) is 18.7. The van der Waals surface area contributed by atoms with Crippen LogP contribution in [0.3, 0.4) is 0 Å². The summed E-state index contributed by atoms with van der Waals surface area (Å²) >= 11 is 0. The second kappa shape index (κ2) is 9.64. The number of aliphatic hydroxyl groups excluding tert-OH is 1. The maximum atomic E-state index is 11.4. The van der Waals surface area contributed by atoms with E-state index in [-0.39, 0.29) is 12.1 Å². The highest BCUT2D eigenvalue weighted by Crippen LogP contribution is 2.59. The summed E-state index contributed by atoms with van der Waals surface area (Å²) in [5.74, 6) is 1.99. The van der Waals surface area contributed by atoms with Crippen LogP contribution in [-0.2, 0) is 9.53 Å². The molecule has 0 aromatic rings. The van der Waals surface area contributed by atoms with Crippen LogP contribution in [0.25, 0.3) is 0 Å². The van der Waals surface area contributed by atoms with E-state index in [0.717, 1.165) is 38.0 Å². The van der Waals surface area contributed by atoms with Crippen molar-refractivity contribution in [3.8, 4) is 0 Å². The highest BCUT2D eigenvalue weighted by atomic mass is 16.5. The number of carbonyl (C=O) groups excluding carboxylic acids is 1. The zero-order chi connectivity index (χ0) is 21.0. The van der Waals surface area contributed by atoms with Crippen LogP contribution >= 0.6 is 0 Å². The summed E-state index contributed by atoms with van der Waals surface area (Å²) in [5.41, 5.74) is 4.45. The van der Waals surface area contributed by atoms with Gasteiger partial charge in [-0.25, -0.2) is 0 Å². The van der Waals surface area contributed by atoms with Crippen molar-refractivity contribution < 1.29 is 14.6 Å². The smallest absolute Gasteiger partial charge is 0.305 e. The van der Waals surface area contributed by atoms with E-state index in [1.165, 1.54) is 50.4 Å². The summed E-state index contributed by atoms with van der Waals surface area (Å²) < 4.78 is 4.79. The molecule has 1 N–H and O–H groups in total. The van der Waals surface area contributed by atoms with Gasteiger partial charge < -0.3 is 9.84 Å². The molecule has 162 valence electrons. The number of ether oxygens (including phenoxy) is 1. The van der Waals surface area contributed by atoms with E-state index in [1.807, 2.05) is 0 Å². The molecule has 0 heterocycles. The summed E-state index contributed by atoms with van der Waals surface area (Å²) in [6, 6.07) is 0. The minimum atomic E-state index is -0.205. The van der Waals surface area contributed by atoms with E-state index in [2.05, 4.69) is 32.6 Å². The average Bonchev–Trinajstić information content (AvgIpc) is 3.06. The third-order valence-corrected chi connectivity index (χ3v) is 8.18. The molecule has 0 aliphatic heterocycles. The van der Waals surface area contributed by atoms with Crippen LogP contribution in [0.4, 0.5) is 0 Å². The Kier molecular flexibility index (Phi) is 7.42. The molecule has 3 aliphatic carbocycles. The molecule has 0 aromatic heterocycles. The maximum Gasteiger partial charge on any atom is 0.305 e. The molecule has 0 bridgehead atoms. The fourth-order valence-corrected chi connectivity index (χ4v) is 6.48. The van der Waals surface area contributed by atoms with Crippen molar-refractivity contribution in [3.05, 3.63) is 35.5 Å². The lowest BCUT2D eigenvalue weighted by Crippen LogP contribution is -2.36. The van der Waals surface area contributed by atoms with Gasteiger partial charge in [0.2, 0.25) is 0 Å². The third-order valence-electron chi connectivity index (χ3n) is 8.18. The number of hydrogen-bond acceptors (Lipinski definition) is 3. The summed E-state index contributed by atoms with van der Waals surface area (Å²) in [6.45, 7) is 9.13. The molecule has 29 heavy (non-hydrogen) atoms. The van der Waals surface area contributed by atoms with Crippen LogP contribution in [0.2, 0.25) is 0 Å². The summed E-state index contributed by atoms with van der Waals surface area (Å²) in [6.07, 6.45) is 16.0. The van der Waals surface area contributed by atoms with Crippen molar-refractivity contribution in [1.29, 1.82) is 0 Å². The SMILES string of the molecule is C=C1CC[C@H](O)CC1=CC=C1CCC[C@]2(C)[C@@H]([C@H](C)CCCC(=O)OC)CC[C@@H]12. The van der Waals surface area contributed by atoms with Crippen LogP contribution in [0.1, 0.15) is 84.5 Å². The van der Waals surface area contributed by atoms with E-state index in [1.54, 1.807) is 5.57 Å². The van der Waals surface area contributed by atoms with E-state index < -0.39 is 0 Å². The fourth-order valence-electron chi connectivity index (χ4n) is 6.48. The second-order valence-electron chi connectivity index (χ2n) is 9.98. The van der Waals surface area contributed by atoms with Gasteiger partial charge in [0, 0.05) is 6.42 Å². The number of rotatable bonds is 6. The van der Waals surface area contributed by atoms with Crippen molar-refractivity contribution in [2.24, 2.45) is 23.2 Å². The summed E-state index contributed by atoms with van der Waals surface area (Å²) in [4.78, 5) is 11.4. The van der Waals surface area contributed by atoms with Crippen LogP contribution in [0.5, 0.6) is 0 Å². The van der Waals surface area contributed by atoms with Gasteiger partial charge in [-0.3, -0.25) is 4.79 Å². The molecule has 5 atom stereocenters. The molecule has 0 amide bonds. The van der Waals surface area contributed by atoms with Gasteiger partial charge in [-0.2, -0.15) is 0 Å². The molecule has 0 radical (unpaired) electrons. The van der Waals surface area contributed by atoms with Crippen LogP contribution < -0.4 is 0 Å². The lowest BCUT2D eigenvalue weighted by Gasteiger charge is -2.44. The van der Waals surface area contributed by atoms with E-state index in [0.29, 0.717) is 23.7 Å². The average molecular weight is 401 g/mol. The second-order valence-corrected chi connectivity index (χ2v) is 9.98. The number of fused-ring (bicyclic) bond motifs is 1. The largest absolute Gasteiger partial charge is 0.469 e. The standard InChI is InChI=1S/C26H40O3/c1-18-10-13-22(27)17-21(18)12-11-20-8-6-16-26(3)23(14-15-24(20)26)19(2)7-5-9-25(28)29-4/h11-12,19,22-24,27H,1,5-10,13-17H2,2-4H3/t19-,22+,23-,24+,26-/m1/s1. The number of esters is 1. The number of carbonyl (C=O) groups is 1. The van der Waals surface area contributed by atoms with Crippen molar-refractivity contribution in [1.82, 2.24) is 0 Å².